The summed E-state index contributed by atoms with van der Waals surface area (Å²) in [6.07, 6.45) is 4.76. The van der Waals surface area contributed by atoms with Crippen LogP contribution in [0, 0.1) is 6.92 Å². The lowest BCUT2D eigenvalue weighted by Crippen LogP contribution is -2.50. The molecule has 152 valence electrons. The van der Waals surface area contributed by atoms with E-state index in [0.29, 0.717) is 12.1 Å². The number of piperidine rings is 1. The third-order valence-corrected chi connectivity index (χ3v) is 5.74. The molecular weight excluding hydrogens is 354 g/mol. The number of likely N-dealkylation sites (tertiary alicyclic amines) is 1. The molecule has 2 saturated heterocycles. The number of pyridine rings is 1. The number of fused-ring (bicyclic) bond motifs is 1. The van der Waals surface area contributed by atoms with E-state index >= 15 is 0 Å². The van der Waals surface area contributed by atoms with Gasteiger partial charge in [0.1, 0.15) is 5.52 Å². The fourth-order valence-corrected chi connectivity index (χ4v) is 4.11. The van der Waals surface area contributed by atoms with Crippen molar-refractivity contribution in [2.75, 3.05) is 31.5 Å². The summed E-state index contributed by atoms with van der Waals surface area (Å²) >= 11 is 0. The number of urea groups is 1. The maximum atomic E-state index is 12.5. The van der Waals surface area contributed by atoms with Gasteiger partial charge in [0.25, 0.3) is 0 Å². The Morgan fingerprint density at radius 3 is 2.71 bits per heavy atom. The lowest BCUT2D eigenvalue weighted by Gasteiger charge is -2.33. The van der Waals surface area contributed by atoms with Gasteiger partial charge < -0.3 is 25.4 Å². The average molecular weight is 386 g/mol. The summed E-state index contributed by atoms with van der Waals surface area (Å²) in [5.41, 5.74) is 3.88. The summed E-state index contributed by atoms with van der Waals surface area (Å²) in [6, 6.07) is 3.08. The van der Waals surface area contributed by atoms with Gasteiger partial charge in [0.15, 0.2) is 5.65 Å². The van der Waals surface area contributed by atoms with Crippen molar-refractivity contribution in [3.05, 3.63) is 18.1 Å². The maximum Gasteiger partial charge on any atom is 0.317 e. The number of carbonyl (C=O) groups is 1. The summed E-state index contributed by atoms with van der Waals surface area (Å²) in [5.74, 6) is 0. The molecule has 0 bridgehead atoms. The molecule has 2 aliphatic rings. The molecule has 2 fully saturated rings. The van der Waals surface area contributed by atoms with Crippen molar-refractivity contribution in [3.63, 3.8) is 0 Å². The summed E-state index contributed by atoms with van der Waals surface area (Å²) in [4.78, 5) is 23.7. The molecule has 4 rings (SSSR count). The van der Waals surface area contributed by atoms with E-state index in [1.54, 1.807) is 0 Å². The van der Waals surface area contributed by atoms with E-state index in [1.807, 2.05) is 18.2 Å². The fraction of sp³-hybridized carbons (Fsp3) is 0.650. The highest BCUT2D eigenvalue weighted by Crippen LogP contribution is 2.26. The van der Waals surface area contributed by atoms with E-state index in [0.717, 1.165) is 68.0 Å². The molecule has 2 aliphatic heterocycles. The second-order valence-corrected chi connectivity index (χ2v) is 8.27. The van der Waals surface area contributed by atoms with Crippen molar-refractivity contribution < 1.29 is 4.79 Å². The van der Waals surface area contributed by atoms with Crippen molar-refractivity contribution in [2.45, 2.75) is 58.2 Å². The van der Waals surface area contributed by atoms with Crippen LogP contribution in [0.2, 0.25) is 0 Å². The van der Waals surface area contributed by atoms with Gasteiger partial charge in [0, 0.05) is 43.5 Å². The zero-order valence-corrected chi connectivity index (χ0v) is 17.0. The molecule has 2 aromatic heterocycles. The van der Waals surface area contributed by atoms with E-state index in [2.05, 4.69) is 50.4 Å². The van der Waals surface area contributed by atoms with Crippen LogP contribution in [0.3, 0.4) is 0 Å². The van der Waals surface area contributed by atoms with Crippen LogP contribution < -0.4 is 16.0 Å². The van der Waals surface area contributed by atoms with Crippen molar-refractivity contribution in [3.8, 4) is 0 Å². The van der Waals surface area contributed by atoms with Gasteiger partial charge in [-0.05, 0) is 52.6 Å². The lowest BCUT2D eigenvalue weighted by atomic mass is 10.0. The first-order chi connectivity index (χ1) is 13.5. The number of carbonyl (C=O) groups excluding carboxylic acids is 1. The van der Waals surface area contributed by atoms with E-state index < -0.39 is 0 Å². The number of hydrogen-bond donors (Lipinski definition) is 3. The number of nitrogens with zero attached hydrogens (tertiary/aromatic N) is 4. The number of aryl methyl sites for hydroxylation is 1. The molecule has 28 heavy (non-hydrogen) atoms. The van der Waals surface area contributed by atoms with Gasteiger partial charge in [-0.2, -0.15) is 0 Å². The Morgan fingerprint density at radius 2 is 2.04 bits per heavy atom. The molecule has 0 radical (unpaired) electrons. The molecule has 1 atom stereocenters. The predicted molar refractivity (Wildman–Crippen MR) is 111 cm³/mol. The standard InChI is InChI=1S/C20H31N7O/c1-13(2)27-12-22-18-17(10-14(3)23-19(18)27)24-15-5-8-26(9-6-15)20(28)25-16-4-7-21-11-16/h10,12-13,15-16,21H,4-9,11H2,1-3H3,(H,23,24)(H,25,28)/t16-/m0/s1. The molecule has 8 heteroatoms. The van der Waals surface area contributed by atoms with Crippen LogP contribution in [0.15, 0.2) is 12.4 Å². The number of nitrogens with one attached hydrogen (secondary N) is 3. The molecule has 2 amide bonds. The fourth-order valence-electron chi connectivity index (χ4n) is 4.11. The van der Waals surface area contributed by atoms with Crippen LogP contribution in [-0.2, 0) is 0 Å². The van der Waals surface area contributed by atoms with Crippen LogP contribution in [0.1, 0.15) is 44.8 Å². The smallest absolute Gasteiger partial charge is 0.317 e. The summed E-state index contributed by atoms with van der Waals surface area (Å²) in [5, 5.41) is 10.1. The van der Waals surface area contributed by atoms with Crippen LogP contribution in [0.4, 0.5) is 10.5 Å². The average Bonchev–Trinajstić information content (AvgIpc) is 3.31. The first-order valence-corrected chi connectivity index (χ1v) is 10.4. The van der Waals surface area contributed by atoms with Crippen molar-refractivity contribution in [1.29, 1.82) is 0 Å². The first kappa shape index (κ1) is 19.0. The van der Waals surface area contributed by atoms with Gasteiger partial charge in [-0.15, -0.1) is 0 Å². The van der Waals surface area contributed by atoms with Crippen molar-refractivity contribution in [1.82, 2.24) is 30.1 Å². The lowest BCUT2D eigenvalue weighted by molar-refractivity contribution is 0.180. The Hall–Kier alpha value is -2.35. The van der Waals surface area contributed by atoms with Gasteiger partial charge in [-0.3, -0.25) is 0 Å². The molecule has 0 unspecified atom stereocenters. The third kappa shape index (κ3) is 3.92. The highest BCUT2D eigenvalue weighted by Gasteiger charge is 2.26. The second kappa shape index (κ2) is 7.95. The van der Waals surface area contributed by atoms with Gasteiger partial charge >= 0.3 is 6.03 Å². The van der Waals surface area contributed by atoms with E-state index in [9.17, 15) is 4.79 Å². The Bertz CT molecular complexity index is 832. The number of anilines is 1. The van der Waals surface area contributed by atoms with Crippen molar-refractivity contribution in [2.24, 2.45) is 0 Å². The van der Waals surface area contributed by atoms with E-state index in [1.165, 1.54) is 0 Å². The molecule has 4 heterocycles. The van der Waals surface area contributed by atoms with Gasteiger partial charge in [-0.25, -0.2) is 14.8 Å². The Balaban J connectivity index is 1.39. The highest BCUT2D eigenvalue weighted by molar-refractivity contribution is 5.86. The maximum absolute atomic E-state index is 12.5. The minimum Gasteiger partial charge on any atom is -0.380 e. The molecule has 0 saturated carbocycles. The second-order valence-electron chi connectivity index (χ2n) is 8.27. The Kier molecular flexibility index (Phi) is 5.39. The predicted octanol–water partition coefficient (Wildman–Crippen LogP) is 2.27. The third-order valence-electron chi connectivity index (χ3n) is 5.74. The molecule has 3 N–H and O–H groups in total. The van der Waals surface area contributed by atoms with Gasteiger partial charge in [-0.1, -0.05) is 0 Å². The molecular formula is C20H31N7O. The molecule has 0 aliphatic carbocycles. The molecule has 0 aromatic carbocycles. The largest absolute Gasteiger partial charge is 0.380 e. The van der Waals surface area contributed by atoms with Crippen LogP contribution >= 0.6 is 0 Å². The number of aromatic nitrogens is 3. The number of hydrogen-bond acceptors (Lipinski definition) is 5. The minimum absolute atomic E-state index is 0.0740. The zero-order chi connectivity index (χ0) is 19.7. The van der Waals surface area contributed by atoms with Gasteiger partial charge in [0.2, 0.25) is 0 Å². The number of rotatable bonds is 4. The van der Waals surface area contributed by atoms with Crippen molar-refractivity contribution >= 4 is 22.9 Å². The quantitative estimate of drug-likeness (QED) is 0.752. The van der Waals surface area contributed by atoms with Crippen LogP contribution in [0.5, 0.6) is 0 Å². The summed E-state index contributed by atoms with van der Waals surface area (Å²) in [6.45, 7) is 9.72. The van der Waals surface area contributed by atoms with E-state index in [4.69, 9.17) is 0 Å². The van der Waals surface area contributed by atoms with Crippen LogP contribution in [-0.4, -0.2) is 63.7 Å². The SMILES string of the molecule is Cc1cc(NC2CCN(C(=O)N[C@H]3CCNC3)CC2)c2ncn(C(C)C)c2n1. The first-order valence-electron chi connectivity index (χ1n) is 10.4. The number of imidazole rings is 1. The van der Waals surface area contributed by atoms with Gasteiger partial charge in [0.05, 0.1) is 12.0 Å². The van der Waals surface area contributed by atoms with Crippen LogP contribution in [0.25, 0.3) is 11.2 Å². The highest BCUT2D eigenvalue weighted by atomic mass is 16.2. The molecule has 0 spiro atoms. The Morgan fingerprint density at radius 1 is 1.25 bits per heavy atom. The zero-order valence-electron chi connectivity index (χ0n) is 17.0. The summed E-state index contributed by atoms with van der Waals surface area (Å²) in [7, 11) is 0. The topological polar surface area (TPSA) is 87.1 Å². The van der Waals surface area contributed by atoms with E-state index in [-0.39, 0.29) is 12.1 Å². The normalized spacial score (nSPS) is 20.9. The number of amides is 2. The summed E-state index contributed by atoms with van der Waals surface area (Å²) < 4.78 is 2.11. The Labute approximate surface area is 166 Å². The minimum atomic E-state index is 0.0740. The molecule has 2 aromatic rings. The molecule has 8 nitrogen and oxygen atoms in total. The monoisotopic (exact) mass is 385 g/mol.